The number of fused-ring (bicyclic) bond motifs is 4. The Balaban J connectivity index is 0.0000115. The van der Waals surface area contributed by atoms with Gasteiger partial charge < -0.3 is 13.9 Å². The van der Waals surface area contributed by atoms with Gasteiger partial charge in [-0.1, -0.05) is 280 Å². The molecule has 0 saturated heterocycles. The van der Waals surface area contributed by atoms with E-state index in [-0.39, 0.29) is 77.1 Å². The number of hydrogen-bond donors (Lipinski definition) is 0. The van der Waals surface area contributed by atoms with Gasteiger partial charge in [-0.3, -0.25) is 4.57 Å². The fourth-order valence-corrected chi connectivity index (χ4v) is 15.1. The van der Waals surface area contributed by atoms with Gasteiger partial charge >= 0.3 is 0 Å². The van der Waals surface area contributed by atoms with E-state index in [9.17, 15) is 24.7 Å². The van der Waals surface area contributed by atoms with Crippen molar-refractivity contribution in [2.75, 3.05) is 0 Å². The monoisotopic (exact) mass is 1400 g/mol. The van der Waals surface area contributed by atoms with Crippen LogP contribution in [0.25, 0.3) is 83.4 Å². The summed E-state index contributed by atoms with van der Waals surface area (Å²) in [6.07, 6.45) is 5.31. The van der Waals surface area contributed by atoms with E-state index < -0.39 is 190 Å². The summed E-state index contributed by atoms with van der Waals surface area (Å²) in [4.78, 5) is 4.85. The zero-order chi connectivity index (χ0) is 82.8. The van der Waals surface area contributed by atoms with Crippen molar-refractivity contribution in [2.24, 2.45) is 0 Å². The molecule has 14 rings (SSSR count). The van der Waals surface area contributed by atoms with E-state index in [2.05, 4.69) is 86.8 Å². The van der Waals surface area contributed by atoms with Crippen molar-refractivity contribution in [2.45, 2.75) is 78.6 Å². The van der Waals surface area contributed by atoms with E-state index >= 15 is 0 Å². The zero-order valence-electron chi connectivity index (χ0n) is 75.1. The summed E-state index contributed by atoms with van der Waals surface area (Å²) in [5.41, 5.74) is 4.43. The normalized spacial score (nSPS) is 15.8. The summed E-state index contributed by atoms with van der Waals surface area (Å²) in [6.45, 7) is 18.8. The molecule has 0 aliphatic heterocycles. The Morgan fingerprint density at radius 2 is 1.03 bits per heavy atom. The van der Waals surface area contributed by atoms with E-state index in [4.69, 9.17) is 17.9 Å². The van der Waals surface area contributed by atoms with Crippen molar-refractivity contribution in [3.63, 3.8) is 0 Å². The molecule has 3 aromatic heterocycles. The maximum Gasteiger partial charge on any atom is 0.268 e. The predicted molar refractivity (Wildman–Crippen MR) is 376 cm³/mol. The Hall–Kier alpha value is -9.45. The molecule has 0 fully saturated rings. The average Bonchev–Trinajstić information content (AvgIpc) is 0.766. The van der Waals surface area contributed by atoms with Crippen molar-refractivity contribution in [1.29, 1.82) is 0 Å². The third-order valence-corrected chi connectivity index (χ3v) is 20.2. The Bertz CT molecular complexity index is 6180. The van der Waals surface area contributed by atoms with Crippen molar-refractivity contribution < 1.29 is 63.3 Å². The second-order valence-corrected chi connectivity index (χ2v) is 28.6. The van der Waals surface area contributed by atoms with Gasteiger partial charge in [-0.2, -0.15) is 18.2 Å². The van der Waals surface area contributed by atoms with Crippen LogP contribution in [0.1, 0.15) is 112 Å². The summed E-state index contributed by atoms with van der Waals surface area (Å²) < 4.78 is 239. The summed E-state index contributed by atoms with van der Waals surface area (Å²) in [6, 6.07) is 19.7. The van der Waals surface area contributed by atoms with Gasteiger partial charge in [0.1, 0.15) is 5.82 Å². The third kappa shape index (κ3) is 11.3. The number of hydrogen-bond acceptors (Lipinski definition) is 2. The molecule has 0 spiro atoms. The molecule has 0 bridgehead atoms. The SMILES string of the molecule is [2H]c1c([2H])c([2H])c(-c2cccc(-c3cc(C(C)(C)C)cc(C(C)(C)C)c3)c2-[n+]2[c-]n(-c3[c-]c(Oc4[c-]c5c(cc4)c4ccccc4n5-c4cc(C(C)(C)C)ccn4)ccc3)c3cc(-c4c([2H])c([2H])c([2H])c([Si](c5c([2H])c([2H])c([2H])c([2H])c5[2H])(c5c([2H])c([2H])c([2H])c([2H])c5[2H])c5c([2H])c([2H])c([2H])c([2H])c5[2H])c4[2H])ccc32)c([2H])c1[2H].[Pt]. The van der Waals surface area contributed by atoms with E-state index in [0.29, 0.717) is 22.5 Å². The van der Waals surface area contributed by atoms with Crippen LogP contribution >= 0.6 is 0 Å². The molecule has 0 unspecified atom stereocenters. The summed E-state index contributed by atoms with van der Waals surface area (Å²) in [5.74, 6) is 1.04. The molecule has 11 aromatic carbocycles. The maximum absolute atomic E-state index is 10.8. The van der Waals surface area contributed by atoms with E-state index in [1.165, 1.54) is 12.1 Å². The Kier molecular flexibility index (Phi) is 10.1. The molecule has 14 aromatic rings. The van der Waals surface area contributed by atoms with Crippen LogP contribution in [-0.2, 0) is 37.3 Å². The molecule has 0 aliphatic rings. The first-order valence-electron chi connectivity index (χ1n) is 41.3. The van der Waals surface area contributed by atoms with Crippen LogP contribution in [0.2, 0.25) is 0 Å². The van der Waals surface area contributed by atoms with Crippen LogP contribution in [0.5, 0.6) is 11.5 Å². The van der Waals surface area contributed by atoms with Gasteiger partial charge in [0.05, 0.1) is 49.6 Å². The number of ether oxygens (including phenoxy) is 1. The molecule has 0 N–H and O–H groups in total. The van der Waals surface area contributed by atoms with E-state index in [0.717, 1.165) is 33.0 Å². The van der Waals surface area contributed by atoms with Crippen LogP contribution < -0.4 is 30.1 Å². The molecule has 5 nitrogen and oxygen atoms in total. The predicted octanol–water partition coefficient (Wildman–Crippen LogP) is 17.9. The number of para-hydroxylation sites is 2. The van der Waals surface area contributed by atoms with E-state index in [1.54, 1.807) is 57.8 Å². The Labute approximate surface area is 585 Å². The van der Waals surface area contributed by atoms with Crippen LogP contribution in [0.4, 0.5) is 0 Å². The van der Waals surface area contributed by atoms with Gasteiger partial charge in [0, 0.05) is 44.3 Å². The minimum atomic E-state index is -6.30. The number of rotatable bonds is 12. The molecule has 0 aliphatic carbocycles. The molecule has 91 heavy (non-hydrogen) atoms. The van der Waals surface area contributed by atoms with Gasteiger partial charge in [0.25, 0.3) is 6.33 Å². The average molecular weight is 1400 g/mol. The van der Waals surface area contributed by atoms with Gasteiger partial charge in [0.15, 0.2) is 8.07 Å². The smallest absolute Gasteiger partial charge is 0.268 e. The van der Waals surface area contributed by atoms with E-state index in [1.807, 2.05) is 65.2 Å². The second-order valence-electron chi connectivity index (χ2n) is 25.1. The minimum Gasteiger partial charge on any atom is -0.510 e. The first kappa shape index (κ1) is 38.3. The topological polar surface area (TPSA) is 35.9 Å². The molecule has 3 heterocycles. The van der Waals surface area contributed by atoms with Crippen LogP contribution in [0.3, 0.4) is 0 Å². The van der Waals surface area contributed by atoms with Gasteiger partial charge in [-0.05, 0) is 122 Å². The molecular formula is C84H72N4OPtSi-2. The zero-order valence-corrected chi connectivity index (χ0v) is 54.4. The first-order chi connectivity index (χ1) is 53.5. The van der Waals surface area contributed by atoms with Crippen LogP contribution in [-0.4, -0.2) is 22.2 Å². The first-order valence-corrected chi connectivity index (χ1v) is 31.3. The fourth-order valence-electron chi connectivity index (χ4n) is 11.5. The third-order valence-electron chi connectivity index (χ3n) is 16.2. The molecule has 0 radical (unpaired) electrons. The molecule has 7 heteroatoms. The molecule has 0 atom stereocenters. The van der Waals surface area contributed by atoms with Crippen molar-refractivity contribution in [3.8, 4) is 62.1 Å². The summed E-state index contributed by atoms with van der Waals surface area (Å²) in [7, 11) is -6.30. The number of aromatic nitrogens is 4. The maximum atomic E-state index is 10.8. The number of nitrogens with zero attached hydrogens (tertiary/aromatic N) is 4. The number of pyridine rings is 1. The molecular weight excluding hydrogens is 1300 g/mol. The Morgan fingerprint density at radius 1 is 0.462 bits per heavy atom. The summed E-state index contributed by atoms with van der Waals surface area (Å²) >= 11 is 0. The van der Waals surface area contributed by atoms with Crippen LogP contribution in [0, 0.1) is 18.5 Å². The second kappa shape index (κ2) is 24.1. The standard InChI is InChI=1S/C84H72N4OSi.Pt/c1-82(2,3)62-47-48-85-80(54-62)88-76-42-23-22-39-74(76)75-45-44-67(56-78(75)88)89-66-31-25-30-65(55-66)86-57-87(81-72(58-27-14-10-15-28-58)40-26-41-73(81)61-49-63(83(4,5)6)53-64(50-61)84(7,8)9)77-46-43-60(52-79(77)86)59-29-24-38-71(51-59)90(68-32-16-11-17-33-68,69-34-18-12-19-35-69)70-36-20-13-21-37-70;/h10-54H,1-9H3;/q-2;/i10D,11D,12D,13D,14D,15D,16D,17D,18D,19D,20D,21D,24D,27D,28D,29D,32D,33D,34D,35D,36D,37D,38D,51D;. The number of imidazole rings is 1. The van der Waals surface area contributed by atoms with Gasteiger partial charge in [0.2, 0.25) is 0 Å². The van der Waals surface area contributed by atoms with Gasteiger partial charge in [-0.25, -0.2) is 4.98 Å². The fraction of sp³-hybridized carbons (Fsp3) is 0.143. The van der Waals surface area contributed by atoms with Crippen molar-refractivity contribution >= 4 is 61.7 Å². The largest absolute Gasteiger partial charge is 0.510 e. The summed E-state index contributed by atoms with van der Waals surface area (Å²) in [5, 5.41) is -2.19. The molecule has 0 amide bonds. The molecule has 0 saturated carbocycles. The quantitative estimate of drug-likeness (QED) is 0.0529. The minimum absolute atomic E-state index is 0. The molecule has 450 valence electrons. The number of benzene rings is 11. The van der Waals surface area contributed by atoms with Gasteiger partial charge in [-0.15, -0.1) is 29.7 Å². The Morgan fingerprint density at radius 3 is 1.67 bits per heavy atom. The van der Waals surface area contributed by atoms with Crippen molar-refractivity contribution in [3.05, 3.63) is 308 Å². The van der Waals surface area contributed by atoms with Crippen molar-refractivity contribution in [1.82, 2.24) is 14.1 Å². The van der Waals surface area contributed by atoms with Crippen LogP contribution in [0.15, 0.2) is 273 Å².